The molecule has 8 heteroatoms. The molecule has 176 valence electrons. The van der Waals surface area contributed by atoms with Crippen LogP contribution in [0.5, 0.6) is 11.5 Å². The average Bonchev–Trinajstić information content (AvgIpc) is 3.17. The monoisotopic (exact) mass is 454 g/mol. The SMILES string of the molecule is CCCN(CC(=O)Nc1ccccc1C)C(=O)COC(=O)c1cc2c(c(OC)c1)OC(C)C2. The van der Waals surface area contributed by atoms with Gasteiger partial charge in [0.05, 0.1) is 19.2 Å². The molecule has 2 aromatic carbocycles. The van der Waals surface area contributed by atoms with E-state index in [0.29, 0.717) is 36.6 Å². The van der Waals surface area contributed by atoms with Gasteiger partial charge in [-0.25, -0.2) is 4.79 Å². The van der Waals surface area contributed by atoms with Crippen molar-refractivity contribution in [2.75, 3.05) is 32.1 Å². The maximum absolute atomic E-state index is 12.7. The summed E-state index contributed by atoms with van der Waals surface area (Å²) < 4.78 is 16.3. The zero-order valence-electron chi connectivity index (χ0n) is 19.5. The van der Waals surface area contributed by atoms with Crippen molar-refractivity contribution < 1.29 is 28.6 Å². The topological polar surface area (TPSA) is 94.2 Å². The molecule has 3 rings (SSSR count). The van der Waals surface area contributed by atoms with Gasteiger partial charge in [0.1, 0.15) is 6.10 Å². The van der Waals surface area contributed by atoms with E-state index in [0.717, 1.165) is 11.1 Å². The van der Waals surface area contributed by atoms with Crippen molar-refractivity contribution in [3.63, 3.8) is 0 Å². The summed E-state index contributed by atoms with van der Waals surface area (Å²) in [6.45, 7) is 5.53. The van der Waals surface area contributed by atoms with E-state index in [4.69, 9.17) is 14.2 Å². The van der Waals surface area contributed by atoms with Gasteiger partial charge in [-0.3, -0.25) is 9.59 Å². The first kappa shape index (κ1) is 24.1. The van der Waals surface area contributed by atoms with E-state index in [2.05, 4.69) is 5.32 Å². The summed E-state index contributed by atoms with van der Waals surface area (Å²) in [4.78, 5) is 39.2. The van der Waals surface area contributed by atoms with E-state index in [1.165, 1.54) is 12.0 Å². The first-order valence-electron chi connectivity index (χ1n) is 11.0. The largest absolute Gasteiger partial charge is 0.493 e. The number of carbonyl (C=O) groups excluding carboxylic acids is 3. The van der Waals surface area contributed by atoms with Crippen LogP contribution in [-0.4, -0.2) is 55.6 Å². The van der Waals surface area contributed by atoms with E-state index in [-0.39, 0.29) is 24.1 Å². The van der Waals surface area contributed by atoms with Crippen molar-refractivity contribution in [2.24, 2.45) is 0 Å². The van der Waals surface area contributed by atoms with Gasteiger partial charge in [0.25, 0.3) is 5.91 Å². The Morgan fingerprint density at radius 1 is 1.21 bits per heavy atom. The smallest absolute Gasteiger partial charge is 0.338 e. The van der Waals surface area contributed by atoms with E-state index in [1.807, 2.05) is 39.0 Å². The first-order valence-corrected chi connectivity index (χ1v) is 11.0. The van der Waals surface area contributed by atoms with Gasteiger partial charge in [-0.15, -0.1) is 0 Å². The Labute approximate surface area is 193 Å². The zero-order valence-corrected chi connectivity index (χ0v) is 19.5. The van der Waals surface area contributed by atoms with Crippen molar-refractivity contribution in [2.45, 2.75) is 39.7 Å². The standard InChI is InChI=1S/C25H30N2O6/c1-5-10-27(14-22(28)26-20-9-7-6-8-16(20)2)23(29)15-32-25(30)19-12-18-11-17(3)33-24(18)21(13-19)31-4/h6-9,12-13,17H,5,10-11,14-15H2,1-4H3,(H,26,28). The third-order valence-electron chi connectivity index (χ3n) is 5.34. The quantitative estimate of drug-likeness (QED) is 0.584. The van der Waals surface area contributed by atoms with Crippen molar-refractivity contribution in [1.29, 1.82) is 0 Å². The maximum Gasteiger partial charge on any atom is 0.338 e. The van der Waals surface area contributed by atoms with E-state index >= 15 is 0 Å². The van der Waals surface area contributed by atoms with Gasteiger partial charge in [0.2, 0.25) is 5.91 Å². The number of hydrogen-bond donors (Lipinski definition) is 1. The van der Waals surface area contributed by atoms with Crippen LogP contribution < -0.4 is 14.8 Å². The van der Waals surface area contributed by atoms with Crippen LogP contribution in [0.4, 0.5) is 5.69 Å². The first-order chi connectivity index (χ1) is 15.8. The van der Waals surface area contributed by atoms with Gasteiger partial charge in [-0.05, 0) is 44.0 Å². The second kappa shape index (κ2) is 10.8. The summed E-state index contributed by atoms with van der Waals surface area (Å²) in [5.41, 5.74) is 2.77. The molecule has 1 aliphatic rings. The fourth-order valence-electron chi connectivity index (χ4n) is 3.71. The van der Waals surface area contributed by atoms with Gasteiger partial charge in [-0.2, -0.15) is 0 Å². The van der Waals surface area contributed by atoms with Crippen molar-refractivity contribution in [3.05, 3.63) is 53.1 Å². The average molecular weight is 455 g/mol. The summed E-state index contributed by atoms with van der Waals surface area (Å²) in [5.74, 6) is -0.294. The Balaban J connectivity index is 1.60. The molecule has 0 aliphatic carbocycles. The van der Waals surface area contributed by atoms with Gasteiger partial charge >= 0.3 is 5.97 Å². The fraction of sp³-hybridized carbons (Fsp3) is 0.400. The van der Waals surface area contributed by atoms with Crippen LogP contribution in [0.1, 0.15) is 41.8 Å². The van der Waals surface area contributed by atoms with E-state index in [9.17, 15) is 14.4 Å². The summed E-state index contributed by atoms with van der Waals surface area (Å²) in [6, 6.07) is 10.7. The highest BCUT2D eigenvalue weighted by Gasteiger charge is 2.26. The number of aryl methyl sites for hydroxylation is 1. The molecule has 0 aromatic heterocycles. The Morgan fingerprint density at radius 3 is 2.67 bits per heavy atom. The van der Waals surface area contributed by atoms with Crippen molar-refractivity contribution in [3.8, 4) is 11.5 Å². The molecule has 1 aliphatic heterocycles. The Morgan fingerprint density at radius 2 is 1.97 bits per heavy atom. The maximum atomic E-state index is 12.7. The molecule has 0 spiro atoms. The highest BCUT2D eigenvalue weighted by Crippen LogP contribution is 2.39. The van der Waals surface area contributed by atoms with Gasteiger partial charge in [0, 0.05) is 24.2 Å². The third-order valence-corrected chi connectivity index (χ3v) is 5.34. The Kier molecular flexibility index (Phi) is 7.92. The molecule has 0 saturated carbocycles. The molecular weight excluding hydrogens is 424 g/mol. The molecule has 8 nitrogen and oxygen atoms in total. The van der Waals surface area contributed by atoms with E-state index < -0.39 is 18.5 Å². The number of nitrogens with one attached hydrogen (secondary N) is 1. The number of methoxy groups -OCH3 is 1. The lowest BCUT2D eigenvalue weighted by Gasteiger charge is -2.21. The minimum atomic E-state index is -0.634. The Hall–Kier alpha value is -3.55. The number of anilines is 1. The molecule has 0 saturated heterocycles. The molecule has 1 unspecified atom stereocenters. The Bertz CT molecular complexity index is 1040. The van der Waals surface area contributed by atoms with Crippen LogP contribution in [0.3, 0.4) is 0 Å². The molecule has 0 bridgehead atoms. The molecule has 0 fully saturated rings. The normalized spacial score (nSPS) is 14.1. The lowest BCUT2D eigenvalue weighted by atomic mass is 10.1. The van der Waals surface area contributed by atoms with Crippen molar-refractivity contribution >= 4 is 23.5 Å². The molecule has 1 N–H and O–H groups in total. The predicted octanol–water partition coefficient (Wildman–Crippen LogP) is 3.36. The van der Waals surface area contributed by atoms with Gasteiger partial charge in [-0.1, -0.05) is 25.1 Å². The minimum absolute atomic E-state index is 0.00447. The number of para-hydroxylation sites is 1. The molecule has 2 amide bonds. The van der Waals surface area contributed by atoms with Crippen LogP contribution in [0, 0.1) is 6.92 Å². The highest BCUT2D eigenvalue weighted by molar-refractivity contribution is 5.96. The lowest BCUT2D eigenvalue weighted by molar-refractivity contribution is -0.137. The minimum Gasteiger partial charge on any atom is -0.493 e. The third kappa shape index (κ3) is 6.03. The summed E-state index contributed by atoms with van der Waals surface area (Å²) >= 11 is 0. The number of amides is 2. The number of nitrogens with zero attached hydrogens (tertiary/aromatic N) is 1. The highest BCUT2D eigenvalue weighted by atomic mass is 16.5. The number of esters is 1. The molecule has 1 heterocycles. The van der Waals surface area contributed by atoms with Gasteiger partial charge in [0.15, 0.2) is 18.1 Å². The number of ether oxygens (including phenoxy) is 3. The predicted molar refractivity (Wildman–Crippen MR) is 124 cm³/mol. The second-order valence-corrected chi connectivity index (χ2v) is 8.05. The van der Waals surface area contributed by atoms with Crippen LogP contribution >= 0.6 is 0 Å². The van der Waals surface area contributed by atoms with E-state index in [1.54, 1.807) is 18.2 Å². The molecule has 2 aromatic rings. The second-order valence-electron chi connectivity index (χ2n) is 8.05. The van der Waals surface area contributed by atoms with Gasteiger partial charge < -0.3 is 24.4 Å². The number of rotatable bonds is 9. The lowest BCUT2D eigenvalue weighted by Crippen LogP contribution is -2.40. The molecular formula is C25H30N2O6. The molecule has 33 heavy (non-hydrogen) atoms. The number of fused-ring (bicyclic) bond motifs is 1. The number of carbonyl (C=O) groups is 3. The molecule has 1 atom stereocenters. The number of hydrogen-bond acceptors (Lipinski definition) is 6. The van der Waals surface area contributed by atoms with Crippen LogP contribution in [0.15, 0.2) is 36.4 Å². The summed E-state index contributed by atoms with van der Waals surface area (Å²) in [5, 5.41) is 2.82. The van der Waals surface area contributed by atoms with Crippen LogP contribution in [0.2, 0.25) is 0 Å². The van der Waals surface area contributed by atoms with Crippen LogP contribution in [-0.2, 0) is 20.7 Å². The zero-order chi connectivity index (χ0) is 24.0. The number of benzene rings is 2. The van der Waals surface area contributed by atoms with Crippen molar-refractivity contribution in [1.82, 2.24) is 4.90 Å². The molecule has 0 radical (unpaired) electrons. The summed E-state index contributed by atoms with van der Waals surface area (Å²) in [6.07, 6.45) is 1.32. The fourth-order valence-corrected chi connectivity index (χ4v) is 3.71. The van der Waals surface area contributed by atoms with Crippen LogP contribution in [0.25, 0.3) is 0 Å². The summed E-state index contributed by atoms with van der Waals surface area (Å²) in [7, 11) is 1.51.